The highest BCUT2D eigenvalue weighted by atomic mass is 19.1. The number of hydrogen-bond acceptors (Lipinski definition) is 2. The first kappa shape index (κ1) is 13.7. The topological polar surface area (TPSA) is 29.9 Å². The van der Waals surface area contributed by atoms with Crippen molar-refractivity contribution < 1.29 is 8.78 Å². The summed E-state index contributed by atoms with van der Waals surface area (Å²) < 4.78 is 28.2. The minimum atomic E-state index is -0.439. The highest BCUT2D eigenvalue weighted by molar-refractivity contribution is 5.19. The van der Waals surface area contributed by atoms with Crippen molar-refractivity contribution in [3.63, 3.8) is 0 Å². The third-order valence-corrected chi connectivity index (χ3v) is 3.15. The van der Waals surface area contributed by atoms with Gasteiger partial charge < -0.3 is 5.32 Å². The molecule has 2 aromatic rings. The summed E-state index contributed by atoms with van der Waals surface area (Å²) in [6.45, 7) is 2.30. The lowest BCUT2D eigenvalue weighted by Gasteiger charge is -2.10. The fourth-order valence-electron chi connectivity index (χ4n) is 2.09. The summed E-state index contributed by atoms with van der Waals surface area (Å²) in [6.07, 6.45) is 4.55. The molecule has 0 radical (unpaired) electrons. The molecule has 19 heavy (non-hydrogen) atoms. The molecule has 5 heteroatoms. The Labute approximate surface area is 111 Å². The van der Waals surface area contributed by atoms with Gasteiger partial charge in [0.25, 0.3) is 0 Å². The van der Waals surface area contributed by atoms with Crippen molar-refractivity contribution in [2.45, 2.75) is 25.9 Å². The zero-order valence-corrected chi connectivity index (χ0v) is 11.0. The summed E-state index contributed by atoms with van der Waals surface area (Å²) in [5, 5.41) is 7.36. The van der Waals surface area contributed by atoms with Crippen molar-refractivity contribution in [1.29, 1.82) is 0 Å². The molecule has 0 saturated heterocycles. The quantitative estimate of drug-likeness (QED) is 0.901. The van der Waals surface area contributed by atoms with E-state index in [1.807, 2.05) is 13.2 Å². The molecule has 0 spiro atoms. The molecule has 0 saturated carbocycles. The molecule has 0 aliphatic rings. The third-order valence-electron chi connectivity index (χ3n) is 3.15. The molecule has 1 aromatic carbocycles. The van der Waals surface area contributed by atoms with E-state index in [1.165, 1.54) is 6.07 Å². The molecule has 1 atom stereocenters. The molecule has 1 aromatic heterocycles. The summed E-state index contributed by atoms with van der Waals surface area (Å²) in [6, 6.07) is 3.68. The molecule has 0 bridgehead atoms. The van der Waals surface area contributed by atoms with Gasteiger partial charge in [-0.3, -0.25) is 4.68 Å². The smallest absolute Gasteiger partial charge is 0.128 e. The van der Waals surface area contributed by atoms with Crippen LogP contribution in [0.4, 0.5) is 8.78 Å². The lowest BCUT2D eigenvalue weighted by Crippen LogP contribution is -2.14. The van der Waals surface area contributed by atoms with Crippen LogP contribution in [0.3, 0.4) is 0 Å². The van der Waals surface area contributed by atoms with Gasteiger partial charge in [-0.05, 0) is 31.7 Å². The van der Waals surface area contributed by atoms with Crippen LogP contribution in [0, 0.1) is 11.6 Å². The van der Waals surface area contributed by atoms with Crippen LogP contribution >= 0.6 is 0 Å². The molecule has 0 amide bonds. The van der Waals surface area contributed by atoms with Crippen molar-refractivity contribution in [3.8, 4) is 0 Å². The first-order chi connectivity index (χ1) is 9.13. The molecular formula is C14H17F2N3. The molecule has 3 nitrogen and oxygen atoms in total. The van der Waals surface area contributed by atoms with E-state index in [-0.39, 0.29) is 12.6 Å². The number of nitrogens with one attached hydrogen (secondary N) is 1. The lowest BCUT2D eigenvalue weighted by atomic mass is 10.1. The lowest BCUT2D eigenvalue weighted by molar-refractivity contribution is 0.563. The number of halogens is 2. The standard InChI is InChI=1S/C14H17F2N3/c1-3-14(17-2)11-7-18-19(9-11)8-10-6-12(15)4-5-13(10)16/h4-7,9,14,17H,3,8H2,1-2H3. The van der Waals surface area contributed by atoms with Crippen LogP contribution in [0.1, 0.15) is 30.5 Å². The van der Waals surface area contributed by atoms with Crippen molar-refractivity contribution in [1.82, 2.24) is 15.1 Å². The van der Waals surface area contributed by atoms with Crippen molar-refractivity contribution in [3.05, 3.63) is 53.4 Å². The first-order valence-corrected chi connectivity index (χ1v) is 6.27. The van der Waals surface area contributed by atoms with Crippen LogP contribution in [0.2, 0.25) is 0 Å². The molecular weight excluding hydrogens is 248 g/mol. The van der Waals surface area contributed by atoms with Crippen LogP contribution < -0.4 is 5.32 Å². The van der Waals surface area contributed by atoms with Gasteiger partial charge in [-0.1, -0.05) is 6.92 Å². The van der Waals surface area contributed by atoms with E-state index in [1.54, 1.807) is 10.9 Å². The molecule has 102 valence electrons. The second kappa shape index (κ2) is 5.93. The van der Waals surface area contributed by atoms with Crippen LogP contribution in [-0.4, -0.2) is 16.8 Å². The van der Waals surface area contributed by atoms with E-state index < -0.39 is 11.6 Å². The number of nitrogens with zero attached hydrogens (tertiary/aromatic N) is 2. The number of hydrogen-bond donors (Lipinski definition) is 1. The van der Waals surface area contributed by atoms with Crippen molar-refractivity contribution in [2.75, 3.05) is 7.05 Å². The normalized spacial score (nSPS) is 12.6. The monoisotopic (exact) mass is 265 g/mol. The van der Waals surface area contributed by atoms with E-state index in [0.717, 1.165) is 24.1 Å². The maximum absolute atomic E-state index is 13.5. The molecule has 0 aliphatic heterocycles. The Bertz CT molecular complexity index is 547. The van der Waals surface area contributed by atoms with Gasteiger partial charge >= 0.3 is 0 Å². The maximum atomic E-state index is 13.5. The molecule has 0 aliphatic carbocycles. The fourth-order valence-corrected chi connectivity index (χ4v) is 2.09. The Morgan fingerprint density at radius 2 is 2.16 bits per heavy atom. The summed E-state index contributed by atoms with van der Waals surface area (Å²) in [4.78, 5) is 0. The Morgan fingerprint density at radius 1 is 1.37 bits per heavy atom. The van der Waals surface area contributed by atoms with Gasteiger partial charge in [0.2, 0.25) is 0 Å². The number of aromatic nitrogens is 2. The third kappa shape index (κ3) is 3.17. The Hall–Kier alpha value is -1.75. The summed E-state index contributed by atoms with van der Waals surface area (Å²) in [7, 11) is 1.89. The number of benzene rings is 1. The van der Waals surface area contributed by atoms with Gasteiger partial charge in [-0.25, -0.2) is 8.78 Å². The molecule has 1 N–H and O–H groups in total. The van der Waals surface area contributed by atoms with E-state index in [4.69, 9.17) is 0 Å². The van der Waals surface area contributed by atoms with Gasteiger partial charge in [0.1, 0.15) is 11.6 Å². The van der Waals surface area contributed by atoms with E-state index in [2.05, 4.69) is 17.3 Å². The molecule has 1 heterocycles. The predicted molar refractivity (Wildman–Crippen MR) is 69.8 cm³/mol. The van der Waals surface area contributed by atoms with Gasteiger partial charge in [0, 0.05) is 23.4 Å². The van der Waals surface area contributed by atoms with E-state index in [9.17, 15) is 8.78 Å². The van der Waals surface area contributed by atoms with Gasteiger partial charge in [0.05, 0.1) is 12.7 Å². The Kier molecular flexibility index (Phi) is 4.27. The second-order valence-electron chi connectivity index (χ2n) is 4.46. The number of rotatable bonds is 5. The maximum Gasteiger partial charge on any atom is 0.128 e. The highest BCUT2D eigenvalue weighted by Crippen LogP contribution is 2.16. The first-order valence-electron chi connectivity index (χ1n) is 6.27. The molecule has 2 rings (SSSR count). The minimum Gasteiger partial charge on any atom is -0.313 e. The van der Waals surface area contributed by atoms with Crippen LogP contribution in [0.25, 0.3) is 0 Å². The average Bonchev–Trinajstić information content (AvgIpc) is 2.84. The van der Waals surface area contributed by atoms with E-state index >= 15 is 0 Å². The molecule has 0 fully saturated rings. The van der Waals surface area contributed by atoms with Crippen LogP contribution in [0.5, 0.6) is 0 Å². The van der Waals surface area contributed by atoms with Crippen molar-refractivity contribution >= 4 is 0 Å². The Morgan fingerprint density at radius 3 is 2.84 bits per heavy atom. The highest BCUT2D eigenvalue weighted by Gasteiger charge is 2.10. The van der Waals surface area contributed by atoms with Gasteiger partial charge in [0.15, 0.2) is 0 Å². The zero-order valence-electron chi connectivity index (χ0n) is 11.0. The molecule has 1 unspecified atom stereocenters. The van der Waals surface area contributed by atoms with Crippen LogP contribution in [0.15, 0.2) is 30.6 Å². The SMILES string of the molecule is CCC(NC)c1cnn(Cc2cc(F)ccc2F)c1. The minimum absolute atomic E-state index is 0.226. The van der Waals surface area contributed by atoms with Crippen molar-refractivity contribution in [2.24, 2.45) is 0 Å². The van der Waals surface area contributed by atoms with Gasteiger partial charge in [-0.15, -0.1) is 0 Å². The Balaban J connectivity index is 2.18. The summed E-state index contributed by atoms with van der Waals surface area (Å²) in [5.74, 6) is -0.857. The van der Waals surface area contributed by atoms with Gasteiger partial charge in [-0.2, -0.15) is 5.10 Å². The predicted octanol–water partition coefficient (Wildman–Crippen LogP) is 2.88. The average molecular weight is 265 g/mol. The largest absolute Gasteiger partial charge is 0.313 e. The van der Waals surface area contributed by atoms with E-state index in [0.29, 0.717) is 5.56 Å². The van der Waals surface area contributed by atoms with Crippen LogP contribution in [-0.2, 0) is 6.54 Å². The second-order valence-corrected chi connectivity index (χ2v) is 4.46. The summed E-state index contributed by atoms with van der Waals surface area (Å²) in [5.41, 5.74) is 1.34. The zero-order chi connectivity index (χ0) is 13.8. The fraction of sp³-hybridized carbons (Fsp3) is 0.357. The summed E-state index contributed by atoms with van der Waals surface area (Å²) >= 11 is 0.